The number of benzene rings is 2. The Morgan fingerprint density at radius 3 is 2.61 bits per heavy atom. The maximum absolute atomic E-state index is 5.48. The minimum Gasteiger partial charge on any atom is -0.496 e. The first-order chi connectivity index (χ1) is 8.72. The number of methoxy groups -OCH3 is 1. The van der Waals surface area contributed by atoms with E-state index >= 15 is 0 Å². The second-order valence-corrected chi connectivity index (χ2v) is 4.83. The summed E-state index contributed by atoms with van der Waals surface area (Å²) in [4.78, 5) is 0. The first-order valence-electron chi connectivity index (χ1n) is 6.50. The minimum atomic E-state index is 0.519. The van der Waals surface area contributed by atoms with Crippen molar-refractivity contribution in [1.29, 1.82) is 0 Å². The van der Waals surface area contributed by atoms with Crippen molar-refractivity contribution in [1.82, 2.24) is 5.32 Å². The summed E-state index contributed by atoms with van der Waals surface area (Å²) in [5, 5.41) is 6.02. The van der Waals surface area contributed by atoms with Crippen molar-refractivity contribution in [2.75, 3.05) is 13.7 Å². The fourth-order valence-corrected chi connectivity index (χ4v) is 2.25. The molecule has 2 rings (SSSR count). The topological polar surface area (TPSA) is 21.3 Å². The Labute approximate surface area is 109 Å². The molecule has 0 unspecified atom stereocenters. The number of nitrogens with one attached hydrogen (secondary N) is 1. The standard InChI is InChI=1S/C16H21NO/c1-12(2)17-11-10-15-14-7-5-4-6-13(14)8-9-16(15)18-3/h4-9,12,17H,10-11H2,1-3H3. The highest BCUT2D eigenvalue weighted by Gasteiger charge is 2.07. The van der Waals surface area contributed by atoms with E-state index in [1.165, 1.54) is 16.3 Å². The van der Waals surface area contributed by atoms with Crippen LogP contribution < -0.4 is 10.1 Å². The van der Waals surface area contributed by atoms with Crippen LogP contribution in [0.3, 0.4) is 0 Å². The maximum atomic E-state index is 5.48. The fraction of sp³-hybridized carbons (Fsp3) is 0.375. The molecule has 0 aliphatic rings. The van der Waals surface area contributed by atoms with E-state index in [0.717, 1.165) is 18.7 Å². The molecule has 2 aromatic rings. The molecular formula is C16H21NO. The summed E-state index contributed by atoms with van der Waals surface area (Å²) < 4.78 is 5.48. The highest BCUT2D eigenvalue weighted by atomic mass is 16.5. The summed E-state index contributed by atoms with van der Waals surface area (Å²) in [5.41, 5.74) is 1.30. The molecule has 0 spiro atoms. The number of ether oxygens (including phenoxy) is 1. The van der Waals surface area contributed by atoms with Crippen LogP contribution in [0.25, 0.3) is 10.8 Å². The van der Waals surface area contributed by atoms with E-state index in [1.54, 1.807) is 7.11 Å². The molecule has 0 heterocycles. The zero-order valence-electron chi connectivity index (χ0n) is 11.4. The van der Waals surface area contributed by atoms with Gasteiger partial charge >= 0.3 is 0 Å². The minimum absolute atomic E-state index is 0.519. The number of hydrogen-bond acceptors (Lipinski definition) is 2. The first-order valence-corrected chi connectivity index (χ1v) is 6.50. The third-order valence-electron chi connectivity index (χ3n) is 3.15. The van der Waals surface area contributed by atoms with Crippen LogP contribution >= 0.6 is 0 Å². The average molecular weight is 243 g/mol. The molecule has 0 radical (unpaired) electrons. The van der Waals surface area contributed by atoms with Crippen molar-refractivity contribution >= 4 is 10.8 Å². The lowest BCUT2D eigenvalue weighted by Crippen LogP contribution is -2.25. The second-order valence-electron chi connectivity index (χ2n) is 4.83. The summed E-state index contributed by atoms with van der Waals surface area (Å²) in [6.45, 7) is 5.31. The van der Waals surface area contributed by atoms with E-state index < -0.39 is 0 Å². The van der Waals surface area contributed by atoms with Gasteiger partial charge in [0.2, 0.25) is 0 Å². The zero-order chi connectivity index (χ0) is 13.0. The van der Waals surface area contributed by atoms with Crippen molar-refractivity contribution in [2.24, 2.45) is 0 Å². The quantitative estimate of drug-likeness (QED) is 0.869. The highest BCUT2D eigenvalue weighted by Crippen LogP contribution is 2.28. The Morgan fingerprint density at radius 2 is 1.89 bits per heavy atom. The molecule has 1 N–H and O–H groups in total. The molecule has 0 aliphatic heterocycles. The molecular weight excluding hydrogens is 222 g/mol. The van der Waals surface area contributed by atoms with Crippen LogP contribution in [0, 0.1) is 0 Å². The highest BCUT2D eigenvalue weighted by molar-refractivity contribution is 5.87. The lowest BCUT2D eigenvalue weighted by Gasteiger charge is -2.13. The Morgan fingerprint density at radius 1 is 1.11 bits per heavy atom. The largest absolute Gasteiger partial charge is 0.496 e. The SMILES string of the molecule is COc1ccc2ccccc2c1CCNC(C)C. The smallest absolute Gasteiger partial charge is 0.122 e. The average Bonchev–Trinajstić information content (AvgIpc) is 2.38. The van der Waals surface area contributed by atoms with Gasteiger partial charge in [-0.25, -0.2) is 0 Å². The van der Waals surface area contributed by atoms with Crippen LogP contribution in [-0.4, -0.2) is 19.7 Å². The lowest BCUT2D eigenvalue weighted by molar-refractivity contribution is 0.409. The normalized spacial score (nSPS) is 11.1. The van der Waals surface area contributed by atoms with Crippen LogP contribution in [0.1, 0.15) is 19.4 Å². The molecule has 0 saturated heterocycles. The summed E-state index contributed by atoms with van der Waals surface area (Å²) in [5.74, 6) is 0.985. The van der Waals surface area contributed by atoms with Gasteiger partial charge in [0.05, 0.1) is 7.11 Å². The third kappa shape index (κ3) is 2.82. The third-order valence-corrected chi connectivity index (χ3v) is 3.15. The number of rotatable bonds is 5. The Hall–Kier alpha value is -1.54. The van der Waals surface area contributed by atoms with Crippen LogP contribution in [0.5, 0.6) is 5.75 Å². The van der Waals surface area contributed by atoms with Gasteiger partial charge in [0.25, 0.3) is 0 Å². The van der Waals surface area contributed by atoms with Gasteiger partial charge in [0, 0.05) is 11.6 Å². The van der Waals surface area contributed by atoms with Crippen molar-refractivity contribution in [2.45, 2.75) is 26.3 Å². The van der Waals surface area contributed by atoms with Gasteiger partial charge in [-0.05, 0) is 29.8 Å². The van der Waals surface area contributed by atoms with E-state index in [4.69, 9.17) is 4.74 Å². The lowest BCUT2D eigenvalue weighted by atomic mass is 10.0. The van der Waals surface area contributed by atoms with Gasteiger partial charge in [-0.2, -0.15) is 0 Å². The van der Waals surface area contributed by atoms with Crippen LogP contribution in [-0.2, 0) is 6.42 Å². The van der Waals surface area contributed by atoms with E-state index in [-0.39, 0.29) is 0 Å². The van der Waals surface area contributed by atoms with E-state index in [2.05, 4.69) is 55.6 Å². The molecule has 18 heavy (non-hydrogen) atoms. The summed E-state index contributed by atoms with van der Waals surface area (Å²) in [6.07, 6.45) is 0.989. The van der Waals surface area contributed by atoms with Crippen molar-refractivity contribution in [3.8, 4) is 5.75 Å². The second kappa shape index (κ2) is 5.87. The molecule has 0 aliphatic carbocycles. The Balaban J connectivity index is 2.32. The van der Waals surface area contributed by atoms with E-state index in [0.29, 0.717) is 6.04 Å². The van der Waals surface area contributed by atoms with Crippen molar-refractivity contribution < 1.29 is 4.74 Å². The van der Waals surface area contributed by atoms with E-state index in [1.807, 2.05) is 0 Å². The van der Waals surface area contributed by atoms with Gasteiger partial charge in [0.1, 0.15) is 5.75 Å². The summed E-state index contributed by atoms with van der Waals surface area (Å²) in [6, 6.07) is 13.2. The predicted molar refractivity (Wildman–Crippen MR) is 77.3 cm³/mol. The monoisotopic (exact) mass is 243 g/mol. The van der Waals surface area contributed by atoms with Gasteiger partial charge in [-0.1, -0.05) is 44.2 Å². The molecule has 0 bridgehead atoms. The van der Waals surface area contributed by atoms with Gasteiger partial charge in [-0.15, -0.1) is 0 Å². The number of hydrogen-bond donors (Lipinski definition) is 1. The van der Waals surface area contributed by atoms with E-state index in [9.17, 15) is 0 Å². The fourth-order valence-electron chi connectivity index (χ4n) is 2.25. The molecule has 0 amide bonds. The Bertz CT molecular complexity index is 519. The summed E-state index contributed by atoms with van der Waals surface area (Å²) >= 11 is 0. The molecule has 0 aromatic heterocycles. The summed E-state index contributed by atoms with van der Waals surface area (Å²) in [7, 11) is 1.74. The van der Waals surface area contributed by atoms with Crippen LogP contribution in [0.15, 0.2) is 36.4 Å². The molecule has 2 heteroatoms. The molecule has 2 nitrogen and oxygen atoms in total. The molecule has 96 valence electrons. The maximum Gasteiger partial charge on any atom is 0.122 e. The van der Waals surface area contributed by atoms with Gasteiger partial charge in [-0.3, -0.25) is 0 Å². The van der Waals surface area contributed by atoms with Gasteiger partial charge < -0.3 is 10.1 Å². The molecule has 0 fully saturated rings. The molecule has 0 saturated carbocycles. The molecule has 0 atom stereocenters. The number of fused-ring (bicyclic) bond motifs is 1. The van der Waals surface area contributed by atoms with Crippen LogP contribution in [0.2, 0.25) is 0 Å². The van der Waals surface area contributed by atoms with Crippen molar-refractivity contribution in [3.05, 3.63) is 42.0 Å². The molecule has 2 aromatic carbocycles. The van der Waals surface area contributed by atoms with Gasteiger partial charge in [0.15, 0.2) is 0 Å². The predicted octanol–water partition coefficient (Wildman–Crippen LogP) is 3.39. The zero-order valence-corrected chi connectivity index (χ0v) is 11.4. The van der Waals surface area contributed by atoms with Crippen molar-refractivity contribution in [3.63, 3.8) is 0 Å². The first kappa shape index (κ1) is 12.9. The Kier molecular flexibility index (Phi) is 4.21. The van der Waals surface area contributed by atoms with Crippen LogP contribution in [0.4, 0.5) is 0 Å².